The maximum Gasteiger partial charge on any atom is 0.306 e. The molecule has 0 aromatic rings. The maximum atomic E-state index is 12.5. The molecule has 5 nitrogen and oxygen atoms in total. The molecule has 5 heteroatoms. The molecule has 0 spiro atoms. The first kappa shape index (κ1) is 33.1. The normalized spacial score (nSPS) is 13.7. The van der Waals surface area contributed by atoms with E-state index in [1.54, 1.807) is 0 Å². The first-order valence-corrected chi connectivity index (χ1v) is 14.4. The Labute approximate surface area is 211 Å². The Balaban J connectivity index is 3.59. The maximum absolute atomic E-state index is 12.5. The molecule has 0 radical (unpaired) electrons. The molecule has 0 aliphatic heterocycles. The first-order valence-electron chi connectivity index (χ1n) is 14.4. The van der Waals surface area contributed by atoms with Crippen molar-refractivity contribution in [2.75, 3.05) is 27.7 Å². The van der Waals surface area contributed by atoms with Crippen LogP contribution in [0.4, 0.5) is 0 Å². The number of hydrogen-bond acceptors (Lipinski definition) is 3. The summed E-state index contributed by atoms with van der Waals surface area (Å²) < 4.78 is 0.356. The van der Waals surface area contributed by atoms with E-state index in [4.69, 9.17) is 5.11 Å². The summed E-state index contributed by atoms with van der Waals surface area (Å²) in [6.07, 6.45) is 24.5. The number of carbonyl (C=O) groups is 2. The first-order chi connectivity index (χ1) is 16.1. The molecule has 1 unspecified atom stereocenters. The van der Waals surface area contributed by atoms with E-state index in [2.05, 4.69) is 6.92 Å². The quantitative estimate of drug-likeness (QED) is 0.105. The van der Waals surface area contributed by atoms with Gasteiger partial charge in [-0.3, -0.25) is 9.59 Å². The van der Waals surface area contributed by atoms with Crippen molar-refractivity contribution in [3.63, 3.8) is 0 Å². The van der Waals surface area contributed by atoms with Crippen molar-refractivity contribution in [1.82, 2.24) is 0 Å². The van der Waals surface area contributed by atoms with Crippen LogP contribution in [0.2, 0.25) is 0 Å². The molecule has 34 heavy (non-hydrogen) atoms. The summed E-state index contributed by atoms with van der Waals surface area (Å²) in [6.45, 7) is 2.40. The number of quaternary nitrogens is 1. The SMILES string of the molecule is CCCCCCCCCCCCCCCCCCCCCC(=O)C(O)(CC(=O)O)C[N+](C)(C)C. The zero-order valence-corrected chi connectivity index (χ0v) is 23.2. The van der Waals surface area contributed by atoms with Crippen LogP contribution in [-0.2, 0) is 9.59 Å². The largest absolute Gasteiger partial charge is 0.481 e. The van der Waals surface area contributed by atoms with Gasteiger partial charge < -0.3 is 14.7 Å². The molecule has 202 valence electrons. The lowest BCUT2D eigenvalue weighted by molar-refractivity contribution is -0.875. The topological polar surface area (TPSA) is 74.6 Å². The minimum atomic E-state index is -1.77. The number of Topliss-reactive ketones (excluding diaryl/α,β-unsaturated/α-hetero) is 1. The van der Waals surface area contributed by atoms with E-state index in [1.807, 2.05) is 21.1 Å². The van der Waals surface area contributed by atoms with Crippen LogP contribution >= 0.6 is 0 Å². The third kappa shape index (κ3) is 20.4. The molecule has 2 N–H and O–H groups in total. The fourth-order valence-electron chi connectivity index (χ4n) is 4.87. The van der Waals surface area contributed by atoms with Gasteiger partial charge in [0.05, 0.1) is 27.6 Å². The zero-order valence-electron chi connectivity index (χ0n) is 23.2. The number of aliphatic hydroxyl groups is 1. The number of unbranched alkanes of at least 4 members (excludes halogenated alkanes) is 18. The Morgan fingerprint density at radius 3 is 1.24 bits per heavy atom. The average molecular weight is 485 g/mol. The van der Waals surface area contributed by atoms with Crippen molar-refractivity contribution in [1.29, 1.82) is 0 Å². The van der Waals surface area contributed by atoms with Gasteiger partial charge in [-0.1, -0.05) is 122 Å². The van der Waals surface area contributed by atoms with Gasteiger partial charge in [0, 0.05) is 6.42 Å². The fourth-order valence-corrected chi connectivity index (χ4v) is 4.87. The molecular formula is C29H58NO4+. The van der Waals surface area contributed by atoms with Crippen LogP contribution in [-0.4, -0.2) is 59.7 Å². The molecule has 0 fully saturated rings. The number of hydrogen-bond donors (Lipinski definition) is 2. The monoisotopic (exact) mass is 484 g/mol. The lowest BCUT2D eigenvalue weighted by Crippen LogP contribution is -2.54. The Kier molecular flexibility index (Phi) is 19.7. The Morgan fingerprint density at radius 1 is 0.618 bits per heavy atom. The summed E-state index contributed by atoms with van der Waals surface area (Å²) >= 11 is 0. The standard InChI is InChI=1S/C29H57NO4/c1-5-6-7-8-9-10-11-12-13-14-15-16-17-18-19-20-21-22-23-24-27(31)29(34,25-28(32)33)26-30(2,3)4/h34H,5-26H2,1-4H3/p+1. The molecule has 0 saturated carbocycles. The van der Waals surface area contributed by atoms with Gasteiger partial charge in [0.25, 0.3) is 0 Å². The smallest absolute Gasteiger partial charge is 0.306 e. The van der Waals surface area contributed by atoms with E-state index >= 15 is 0 Å². The third-order valence-electron chi connectivity index (χ3n) is 6.71. The van der Waals surface area contributed by atoms with Crippen molar-refractivity contribution in [2.24, 2.45) is 0 Å². The van der Waals surface area contributed by atoms with Crippen LogP contribution in [0.15, 0.2) is 0 Å². The second-order valence-corrected chi connectivity index (χ2v) is 11.6. The molecule has 0 heterocycles. The van der Waals surface area contributed by atoms with E-state index < -0.39 is 18.0 Å². The highest BCUT2D eigenvalue weighted by atomic mass is 16.4. The van der Waals surface area contributed by atoms with Gasteiger partial charge in [0.2, 0.25) is 0 Å². The van der Waals surface area contributed by atoms with Crippen LogP contribution in [0.3, 0.4) is 0 Å². The van der Waals surface area contributed by atoms with Crippen LogP contribution in [0.5, 0.6) is 0 Å². The Morgan fingerprint density at radius 2 is 0.941 bits per heavy atom. The summed E-state index contributed by atoms with van der Waals surface area (Å²) in [7, 11) is 5.58. The molecule has 0 saturated heterocycles. The predicted octanol–water partition coefficient (Wildman–Crippen LogP) is 7.29. The van der Waals surface area contributed by atoms with Gasteiger partial charge >= 0.3 is 5.97 Å². The molecule has 0 aliphatic rings. The molecule has 0 aromatic carbocycles. The van der Waals surface area contributed by atoms with Crippen molar-refractivity contribution < 1.29 is 24.3 Å². The number of ketones is 1. The number of aliphatic carboxylic acids is 1. The van der Waals surface area contributed by atoms with Crippen molar-refractivity contribution in [3.05, 3.63) is 0 Å². The molecule has 0 amide bonds. The average Bonchev–Trinajstić information content (AvgIpc) is 2.73. The number of rotatable bonds is 25. The zero-order chi connectivity index (χ0) is 25.7. The van der Waals surface area contributed by atoms with Gasteiger partial charge in [-0.05, 0) is 6.42 Å². The van der Waals surface area contributed by atoms with Gasteiger partial charge in [0.15, 0.2) is 11.4 Å². The molecule has 0 aliphatic carbocycles. The van der Waals surface area contributed by atoms with Gasteiger partial charge in [0.1, 0.15) is 6.54 Å². The summed E-state index contributed by atoms with van der Waals surface area (Å²) in [6, 6.07) is 0. The third-order valence-corrected chi connectivity index (χ3v) is 6.71. The summed E-state index contributed by atoms with van der Waals surface area (Å²) in [5.74, 6) is -1.45. The second kappa shape index (κ2) is 20.3. The number of nitrogens with zero attached hydrogens (tertiary/aromatic N) is 1. The highest BCUT2D eigenvalue weighted by molar-refractivity contribution is 5.90. The summed E-state index contributed by atoms with van der Waals surface area (Å²) in [4.78, 5) is 23.7. The lowest BCUT2D eigenvalue weighted by Gasteiger charge is -2.33. The lowest BCUT2D eigenvalue weighted by atomic mass is 9.89. The predicted molar refractivity (Wildman–Crippen MR) is 143 cm³/mol. The van der Waals surface area contributed by atoms with E-state index in [-0.39, 0.29) is 18.7 Å². The molecule has 0 bridgehead atoms. The highest BCUT2D eigenvalue weighted by Gasteiger charge is 2.42. The van der Waals surface area contributed by atoms with Crippen LogP contribution < -0.4 is 0 Å². The van der Waals surface area contributed by atoms with Crippen LogP contribution in [0.25, 0.3) is 0 Å². The van der Waals surface area contributed by atoms with E-state index in [9.17, 15) is 14.7 Å². The second-order valence-electron chi connectivity index (χ2n) is 11.6. The number of carboxylic acids is 1. The fraction of sp³-hybridized carbons (Fsp3) is 0.931. The highest BCUT2D eigenvalue weighted by Crippen LogP contribution is 2.20. The minimum absolute atomic E-state index is 0.122. The number of carbonyl (C=O) groups excluding carboxylic acids is 1. The van der Waals surface area contributed by atoms with E-state index in [1.165, 1.54) is 103 Å². The van der Waals surface area contributed by atoms with Gasteiger partial charge in [-0.25, -0.2) is 0 Å². The summed E-state index contributed by atoms with van der Waals surface area (Å²) in [5.41, 5.74) is -1.77. The van der Waals surface area contributed by atoms with Crippen LogP contribution in [0, 0.1) is 0 Å². The van der Waals surface area contributed by atoms with Crippen molar-refractivity contribution >= 4 is 11.8 Å². The van der Waals surface area contributed by atoms with Crippen molar-refractivity contribution in [2.45, 2.75) is 147 Å². The Hall–Kier alpha value is -0.940. The minimum Gasteiger partial charge on any atom is -0.481 e. The van der Waals surface area contributed by atoms with Crippen LogP contribution in [0.1, 0.15) is 142 Å². The van der Waals surface area contributed by atoms with E-state index in [0.717, 1.165) is 19.3 Å². The van der Waals surface area contributed by atoms with Crippen molar-refractivity contribution in [3.8, 4) is 0 Å². The molecule has 1 atom stereocenters. The number of carboxylic acid groups (broad SMARTS) is 1. The molecule has 0 rings (SSSR count). The Bertz CT molecular complexity index is 515. The number of likely N-dealkylation sites (N-methyl/N-ethyl adjacent to an activating group) is 1. The summed E-state index contributed by atoms with van der Waals surface area (Å²) in [5, 5.41) is 19.8. The van der Waals surface area contributed by atoms with E-state index in [0.29, 0.717) is 4.48 Å². The van der Waals surface area contributed by atoms with Gasteiger partial charge in [-0.2, -0.15) is 0 Å². The van der Waals surface area contributed by atoms with Gasteiger partial charge in [-0.15, -0.1) is 0 Å². The molecule has 0 aromatic heterocycles. The molecular weight excluding hydrogens is 426 g/mol.